The van der Waals surface area contributed by atoms with E-state index >= 15 is 0 Å². The molecule has 4 aromatic rings. The number of aromatic nitrogens is 3. The van der Waals surface area contributed by atoms with Crippen molar-refractivity contribution in [2.75, 3.05) is 18.2 Å². The van der Waals surface area contributed by atoms with E-state index in [4.69, 9.17) is 9.15 Å². The Kier molecular flexibility index (Phi) is 5.93. The molecule has 0 fully saturated rings. The second kappa shape index (κ2) is 9.18. The molecule has 5 rings (SSSR count). The van der Waals surface area contributed by atoms with E-state index in [0.717, 1.165) is 22.6 Å². The van der Waals surface area contributed by atoms with Gasteiger partial charge in [-0.1, -0.05) is 23.9 Å². The molecular formula is C25H22N4O4S. The number of nitrogens with zero attached hydrogens (tertiary/aromatic N) is 3. The van der Waals surface area contributed by atoms with Gasteiger partial charge in [0.1, 0.15) is 11.5 Å². The largest absolute Gasteiger partial charge is 0.497 e. The van der Waals surface area contributed by atoms with Gasteiger partial charge in [-0.25, -0.2) is 0 Å². The Morgan fingerprint density at radius 2 is 2.06 bits per heavy atom. The van der Waals surface area contributed by atoms with Gasteiger partial charge in [0.2, 0.25) is 5.91 Å². The Bertz CT molecular complexity index is 1360. The van der Waals surface area contributed by atoms with Crippen LogP contribution in [0.1, 0.15) is 34.5 Å². The Labute approximate surface area is 200 Å². The highest BCUT2D eigenvalue weighted by Crippen LogP contribution is 2.33. The molecule has 1 atom stereocenters. The van der Waals surface area contributed by atoms with Gasteiger partial charge in [0.05, 0.1) is 31.6 Å². The van der Waals surface area contributed by atoms with Crippen LogP contribution < -0.4 is 10.1 Å². The molecule has 0 unspecified atom stereocenters. The number of Topliss-reactive ketones (excluding diaryl/α,β-unsaturated/α-hetero) is 1. The summed E-state index contributed by atoms with van der Waals surface area (Å²) in [4.78, 5) is 24.9. The summed E-state index contributed by atoms with van der Waals surface area (Å²) in [7, 11) is 1.62. The lowest BCUT2D eigenvalue weighted by molar-refractivity contribution is -0.116. The maximum absolute atomic E-state index is 13.0. The molecule has 2 aromatic carbocycles. The average Bonchev–Trinajstić information content (AvgIpc) is 3.58. The summed E-state index contributed by atoms with van der Waals surface area (Å²) in [6, 6.07) is 16.6. The number of hydrogen-bond donors (Lipinski definition) is 1. The van der Waals surface area contributed by atoms with Crippen molar-refractivity contribution in [2.24, 2.45) is 0 Å². The fourth-order valence-corrected chi connectivity index (χ4v) is 4.71. The van der Waals surface area contributed by atoms with E-state index in [1.165, 1.54) is 11.8 Å². The SMILES string of the molecule is COc1cccc(-c2nnc(SCC(=O)c3ccc4c(c3)[C@@H](C)C(=O)N4)n2Cc2ccco2)c1. The van der Waals surface area contributed by atoms with Crippen LogP contribution in [0.15, 0.2) is 70.4 Å². The molecule has 0 bridgehead atoms. The molecule has 9 heteroatoms. The van der Waals surface area contributed by atoms with E-state index in [1.807, 2.05) is 47.9 Å². The number of carbonyl (C=O) groups excluding carboxylic acids is 2. The summed E-state index contributed by atoms with van der Waals surface area (Å²) in [6.07, 6.45) is 1.62. The third-order valence-electron chi connectivity index (χ3n) is 5.76. The molecule has 0 radical (unpaired) electrons. The van der Waals surface area contributed by atoms with Gasteiger partial charge in [0.25, 0.3) is 0 Å². The van der Waals surface area contributed by atoms with Crippen molar-refractivity contribution in [3.63, 3.8) is 0 Å². The van der Waals surface area contributed by atoms with Gasteiger partial charge >= 0.3 is 0 Å². The monoisotopic (exact) mass is 474 g/mol. The van der Waals surface area contributed by atoms with Gasteiger partial charge in [0.15, 0.2) is 16.8 Å². The molecule has 3 heterocycles. The quantitative estimate of drug-likeness (QED) is 0.294. The lowest BCUT2D eigenvalue weighted by atomic mass is 9.99. The minimum Gasteiger partial charge on any atom is -0.497 e. The second-order valence-electron chi connectivity index (χ2n) is 7.93. The Balaban J connectivity index is 1.40. The van der Waals surface area contributed by atoms with E-state index in [0.29, 0.717) is 28.8 Å². The zero-order chi connectivity index (χ0) is 23.7. The molecule has 0 saturated heterocycles. The predicted octanol–water partition coefficient (Wildman–Crippen LogP) is 4.63. The van der Waals surface area contributed by atoms with Gasteiger partial charge in [-0.2, -0.15) is 0 Å². The van der Waals surface area contributed by atoms with Crippen molar-refractivity contribution in [1.29, 1.82) is 0 Å². The molecule has 2 aromatic heterocycles. The fourth-order valence-electron chi connectivity index (χ4n) is 3.88. The van der Waals surface area contributed by atoms with Crippen LogP contribution in [0.4, 0.5) is 5.69 Å². The maximum Gasteiger partial charge on any atom is 0.231 e. The summed E-state index contributed by atoms with van der Waals surface area (Å²) in [5.74, 6) is 1.94. The van der Waals surface area contributed by atoms with E-state index in [1.54, 1.807) is 31.6 Å². The second-order valence-corrected chi connectivity index (χ2v) is 8.87. The summed E-state index contributed by atoms with van der Waals surface area (Å²) in [6.45, 7) is 2.26. The highest BCUT2D eigenvalue weighted by molar-refractivity contribution is 7.99. The third kappa shape index (κ3) is 4.22. The Hall–Kier alpha value is -3.85. The Morgan fingerprint density at radius 1 is 1.18 bits per heavy atom. The van der Waals surface area contributed by atoms with E-state index < -0.39 is 0 Å². The van der Waals surface area contributed by atoms with Crippen molar-refractivity contribution in [2.45, 2.75) is 24.5 Å². The van der Waals surface area contributed by atoms with Crippen LogP contribution in [0.5, 0.6) is 5.75 Å². The van der Waals surface area contributed by atoms with Crippen molar-refractivity contribution in [3.8, 4) is 17.1 Å². The van der Waals surface area contributed by atoms with Crippen molar-refractivity contribution >= 4 is 29.1 Å². The molecule has 1 aliphatic heterocycles. The lowest BCUT2D eigenvalue weighted by Gasteiger charge is -2.10. The first-order valence-corrected chi connectivity index (χ1v) is 11.7. The normalized spacial score (nSPS) is 14.6. The topological polar surface area (TPSA) is 99.3 Å². The standard InChI is InChI=1S/C25H22N4O4S/c1-15-20-12-16(8-9-21(20)26-24(15)31)22(30)14-34-25-28-27-23(17-5-3-6-18(11-17)32-2)29(25)13-19-7-4-10-33-19/h3-12,15H,13-14H2,1-2H3,(H,26,31)/t15-/m1/s1. The van der Waals surface area contributed by atoms with Crippen LogP contribution >= 0.6 is 11.8 Å². The maximum atomic E-state index is 13.0. The molecule has 0 spiro atoms. The van der Waals surface area contributed by atoms with E-state index in [9.17, 15) is 9.59 Å². The number of anilines is 1. The van der Waals surface area contributed by atoms with Gasteiger partial charge < -0.3 is 14.5 Å². The number of amides is 1. The van der Waals surface area contributed by atoms with E-state index in [2.05, 4.69) is 15.5 Å². The molecule has 0 aliphatic carbocycles. The molecule has 172 valence electrons. The number of hydrogen-bond acceptors (Lipinski definition) is 7. The Morgan fingerprint density at radius 3 is 2.85 bits per heavy atom. The first kappa shape index (κ1) is 22.0. The van der Waals surface area contributed by atoms with Crippen LogP contribution in [-0.2, 0) is 11.3 Å². The zero-order valence-electron chi connectivity index (χ0n) is 18.6. The van der Waals surface area contributed by atoms with Crippen molar-refractivity contribution in [3.05, 3.63) is 77.7 Å². The molecular weight excluding hydrogens is 452 g/mol. The van der Waals surface area contributed by atoms with E-state index in [-0.39, 0.29) is 23.4 Å². The van der Waals surface area contributed by atoms with Gasteiger partial charge in [-0.15, -0.1) is 10.2 Å². The highest BCUT2D eigenvalue weighted by Gasteiger charge is 2.27. The predicted molar refractivity (Wildman–Crippen MR) is 128 cm³/mol. The number of carbonyl (C=O) groups is 2. The third-order valence-corrected chi connectivity index (χ3v) is 6.73. The first-order valence-electron chi connectivity index (χ1n) is 10.7. The highest BCUT2D eigenvalue weighted by atomic mass is 32.2. The number of nitrogens with one attached hydrogen (secondary N) is 1. The molecule has 1 N–H and O–H groups in total. The molecule has 8 nitrogen and oxygen atoms in total. The smallest absolute Gasteiger partial charge is 0.231 e. The zero-order valence-corrected chi connectivity index (χ0v) is 19.5. The summed E-state index contributed by atoms with van der Waals surface area (Å²) < 4.78 is 12.8. The number of benzene rings is 2. The number of methoxy groups -OCH3 is 1. The molecule has 34 heavy (non-hydrogen) atoms. The summed E-state index contributed by atoms with van der Waals surface area (Å²) in [5, 5.41) is 12.2. The van der Waals surface area contributed by atoms with Gasteiger partial charge in [0, 0.05) is 16.8 Å². The first-order chi connectivity index (χ1) is 16.5. The van der Waals surface area contributed by atoms with Crippen LogP contribution in [0.25, 0.3) is 11.4 Å². The van der Waals surface area contributed by atoms with Crippen molar-refractivity contribution < 1.29 is 18.7 Å². The minimum atomic E-state index is -0.266. The van der Waals surface area contributed by atoms with Gasteiger partial charge in [-0.05, 0) is 55.0 Å². The number of fused-ring (bicyclic) bond motifs is 1. The fraction of sp³-hybridized carbons (Fsp3) is 0.200. The number of rotatable bonds is 8. The van der Waals surface area contributed by atoms with Crippen molar-refractivity contribution in [1.82, 2.24) is 14.8 Å². The number of ketones is 1. The van der Waals surface area contributed by atoms with Crippen LogP contribution in [0.2, 0.25) is 0 Å². The number of furan rings is 1. The average molecular weight is 475 g/mol. The minimum absolute atomic E-state index is 0.0465. The van der Waals surface area contributed by atoms with Gasteiger partial charge in [-0.3, -0.25) is 14.2 Å². The number of thioether (sulfide) groups is 1. The molecule has 1 amide bonds. The molecule has 0 saturated carbocycles. The number of ether oxygens (including phenoxy) is 1. The van der Waals surface area contributed by atoms with Crippen LogP contribution in [-0.4, -0.2) is 39.3 Å². The lowest BCUT2D eigenvalue weighted by Crippen LogP contribution is -2.08. The summed E-state index contributed by atoms with van der Waals surface area (Å²) in [5.41, 5.74) is 3.03. The summed E-state index contributed by atoms with van der Waals surface area (Å²) >= 11 is 1.32. The van der Waals surface area contributed by atoms with Crippen LogP contribution in [0, 0.1) is 0 Å². The van der Waals surface area contributed by atoms with Crippen LogP contribution in [0.3, 0.4) is 0 Å². The molecule has 1 aliphatic rings.